The molecule has 17 heteroatoms. The number of carbonyl (C=O) groups excluding carboxylic acids is 1. The van der Waals surface area contributed by atoms with Crippen LogP contribution >= 0.6 is 23.4 Å². The van der Waals surface area contributed by atoms with Crippen LogP contribution < -0.4 is 20.7 Å². The Morgan fingerprint density at radius 3 is 2.24 bits per heavy atom. The van der Waals surface area contributed by atoms with Gasteiger partial charge in [0.25, 0.3) is 25.8 Å². The molecule has 4 aromatic carbocycles. The fourth-order valence-corrected chi connectivity index (χ4v) is 9.50. The average molecular weight is 879 g/mol. The molecule has 58 heavy (non-hydrogen) atoms. The third-order valence-corrected chi connectivity index (χ3v) is 13.7. The number of thioether (sulfide) groups is 1. The molecule has 0 saturated carbocycles. The second-order valence-corrected chi connectivity index (χ2v) is 19.2. The summed E-state index contributed by atoms with van der Waals surface area (Å²) in [5.74, 6) is -0.676. The predicted octanol–water partition coefficient (Wildman–Crippen LogP) is 8.31. The third kappa shape index (κ3) is 12.5. The first-order chi connectivity index (χ1) is 27.5. The highest BCUT2D eigenvalue weighted by atomic mass is 35.5. The maximum absolute atomic E-state index is 14.0. The summed E-state index contributed by atoms with van der Waals surface area (Å²) < 4.78 is 96.1. The molecule has 1 aliphatic rings. The number of alkyl halides is 3. The molecule has 10 nitrogen and oxygen atoms in total. The quantitative estimate of drug-likeness (QED) is 0.0538. The van der Waals surface area contributed by atoms with Gasteiger partial charge in [-0.3, -0.25) is 4.79 Å². The number of nitrogens with zero attached hydrogens (tertiary/aromatic N) is 1. The Bertz CT molecular complexity index is 2260. The van der Waals surface area contributed by atoms with E-state index in [1.165, 1.54) is 40.6 Å². The minimum atomic E-state index is -6.03. The monoisotopic (exact) mass is 877 g/mol. The van der Waals surface area contributed by atoms with E-state index < -0.39 is 52.8 Å². The topological polar surface area (TPSA) is 137 Å². The van der Waals surface area contributed by atoms with Crippen molar-refractivity contribution in [2.45, 2.75) is 58.3 Å². The van der Waals surface area contributed by atoms with Gasteiger partial charge in [0.2, 0.25) is 0 Å². The van der Waals surface area contributed by atoms with Crippen molar-refractivity contribution in [1.82, 2.24) is 14.9 Å². The molecule has 0 radical (unpaired) electrons. The number of halogens is 4. The zero-order valence-electron chi connectivity index (χ0n) is 32.1. The molecule has 1 aliphatic carbocycles. The number of amides is 1. The number of anilines is 2. The van der Waals surface area contributed by atoms with Crippen LogP contribution in [0.5, 0.6) is 0 Å². The Morgan fingerprint density at radius 1 is 0.879 bits per heavy atom. The number of benzene rings is 4. The van der Waals surface area contributed by atoms with E-state index in [2.05, 4.69) is 28.1 Å². The van der Waals surface area contributed by atoms with E-state index in [9.17, 15) is 34.8 Å². The van der Waals surface area contributed by atoms with Crippen LogP contribution in [0.15, 0.2) is 117 Å². The van der Waals surface area contributed by atoms with Gasteiger partial charge in [-0.25, -0.2) is 21.6 Å². The molecule has 0 fully saturated rings. The Kier molecular flexibility index (Phi) is 15.7. The number of nitrogens with one attached hydrogen (secondary N) is 4. The van der Waals surface area contributed by atoms with Crippen LogP contribution in [0.1, 0.15) is 48.0 Å². The molecule has 4 aromatic rings. The Labute approximate surface area is 348 Å². The highest BCUT2D eigenvalue weighted by Gasteiger charge is 2.48. The number of sulfone groups is 1. The number of sulfonamides is 1. The van der Waals surface area contributed by atoms with Crippen molar-refractivity contribution in [2.75, 3.05) is 56.7 Å². The molecule has 5 rings (SSSR count). The van der Waals surface area contributed by atoms with E-state index in [0.29, 0.717) is 48.6 Å². The number of allylic oxidation sites excluding steroid dienone is 1. The molecule has 0 aromatic heterocycles. The maximum Gasteiger partial charge on any atom is 0.501 e. The van der Waals surface area contributed by atoms with Gasteiger partial charge in [-0.05, 0) is 131 Å². The van der Waals surface area contributed by atoms with Crippen LogP contribution in [-0.4, -0.2) is 85.2 Å². The first-order valence-electron chi connectivity index (χ1n) is 18.7. The molecule has 0 spiro atoms. The minimum absolute atomic E-state index is 0.0349. The summed E-state index contributed by atoms with van der Waals surface area (Å²) in [5.41, 5.74) is -1.57. The molecule has 1 amide bonds. The van der Waals surface area contributed by atoms with Crippen LogP contribution in [0, 0.1) is 0 Å². The van der Waals surface area contributed by atoms with Crippen molar-refractivity contribution >= 4 is 66.1 Å². The number of rotatable bonds is 19. The highest BCUT2D eigenvalue weighted by molar-refractivity contribution is 7.99. The van der Waals surface area contributed by atoms with E-state index >= 15 is 0 Å². The van der Waals surface area contributed by atoms with Crippen molar-refractivity contribution in [3.05, 3.63) is 119 Å². The van der Waals surface area contributed by atoms with Gasteiger partial charge in [0.1, 0.15) is 4.90 Å². The summed E-state index contributed by atoms with van der Waals surface area (Å²) >= 11 is 7.51. The molecule has 0 aliphatic heterocycles. The van der Waals surface area contributed by atoms with Crippen LogP contribution in [-0.2, 0) is 19.9 Å². The summed E-state index contributed by atoms with van der Waals surface area (Å²) in [6.07, 6.45) is 4.78. The van der Waals surface area contributed by atoms with Crippen LogP contribution in [0.2, 0.25) is 5.02 Å². The summed E-state index contributed by atoms with van der Waals surface area (Å²) in [4.78, 5) is 13.8. The fourth-order valence-electron chi connectivity index (χ4n) is 6.36. The first kappa shape index (κ1) is 45.0. The van der Waals surface area contributed by atoms with Gasteiger partial charge < -0.3 is 20.9 Å². The number of hydrogen-bond acceptors (Lipinski definition) is 10. The summed E-state index contributed by atoms with van der Waals surface area (Å²) in [6, 6.07) is 25.1. The van der Waals surface area contributed by atoms with Crippen LogP contribution in [0.25, 0.3) is 5.57 Å². The van der Waals surface area contributed by atoms with Crippen molar-refractivity contribution in [1.29, 1.82) is 0 Å². The van der Waals surface area contributed by atoms with Gasteiger partial charge in [-0.1, -0.05) is 47.5 Å². The zero-order chi connectivity index (χ0) is 41.9. The summed E-state index contributed by atoms with van der Waals surface area (Å²) in [6.45, 7) is 2.51. The Morgan fingerprint density at radius 2 is 1.57 bits per heavy atom. The van der Waals surface area contributed by atoms with Crippen molar-refractivity contribution in [2.24, 2.45) is 0 Å². The van der Waals surface area contributed by atoms with Crippen molar-refractivity contribution in [3.63, 3.8) is 0 Å². The zero-order valence-corrected chi connectivity index (χ0v) is 35.3. The van der Waals surface area contributed by atoms with Crippen molar-refractivity contribution < 1.29 is 34.8 Å². The van der Waals surface area contributed by atoms with Gasteiger partial charge in [-0.15, -0.1) is 11.8 Å². The van der Waals surface area contributed by atoms with Crippen molar-refractivity contribution in [3.8, 4) is 0 Å². The predicted molar refractivity (Wildman–Crippen MR) is 227 cm³/mol. The van der Waals surface area contributed by atoms with Gasteiger partial charge >= 0.3 is 5.51 Å². The molecule has 312 valence electrons. The van der Waals surface area contributed by atoms with E-state index in [1.807, 2.05) is 66.2 Å². The van der Waals surface area contributed by atoms with E-state index in [0.717, 1.165) is 49.3 Å². The van der Waals surface area contributed by atoms with Crippen LogP contribution in [0.3, 0.4) is 0 Å². The molecule has 0 heterocycles. The first-order valence-corrected chi connectivity index (χ1v) is 23.0. The van der Waals surface area contributed by atoms with E-state index in [4.69, 9.17) is 11.6 Å². The molecular weight excluding hydrogens is 831 g/mol. The maximum atomic E-state index is 14.0. The molecule has 0 unspecified atom stereocenters. The average Bonchev–Trinajstić information content (AvgIpc) is 3.19. The fraction of sp³-hybridized carbons (Fsp3) is 0.341. The third-order valence-electron chi connectivity index (χ3n) is 9.45. The molecule has 0 saturated heterocycles. The molecule has 0 bridgehead atoms. The normalized spacial score (nSPS) is 14.3. The Hall–Kier alpha value is -4.06. The smallest absolute Gasteiger partial charge is 0.384 e. The van der Waals surface area contributed by atoms with Gasteiger partial charge in [0.15, 0.2) is 0 Å². The SMILES string of the molecule is CN(C)CC[C@H](CSc1ccccc1)Nc1ccc(S(=O)(=O)NC(=O)c2ccc(NCCNCC3=C(c4ccc(Cl)cc4)CCCC3)cc2)cc1S(=O)(=O)C(F)(F)F. The van der Waals surface area contributed by atoms with E-state index in [1.54, 1.807) is 12.1 Å². The largest absolute Gasteiger partial charge is 0.501 e. The van der Waals surface area contributed by atoms with Crippen LogP contribution in [0.4, 0.5) is 24.5 Å². The number of carbonyl (C=O) groups is 1. The lowest BCUT2D eigenvalue weighted by Gasteiger charge is -2.24. The van der Waals surface area contributed by atoms with Gasteiger partial charge in [-0.2, -0.15) is 13.2 Å². The molecular formula is C41H47ClF3N5O5S3. The lowest BCUT2D eigenvalue weighted by molar-refractivity contribution is -0.0435. The standard InChI is InChI=1S/C41H47ClF3N5O5S3/c1-50(2)25-22-34(28-56-35-9-4-3-5-10-35)48-38-21-20-36(26-39(38)57(52,53)41(43,44)45)58(54,55)49-40(51)30-14-18-33(19-15-30)47-24-23-46-27-31-8-6-7-11-37(31)29-12-16-32(42)17-13-29/h3-5,9-10,12-21,26,34,46-48H,6-8,11,22-25,27-28H2,1-2H3,(H,49,51)/t34-/m1/s1. The lowest BCUT2D eigenvalue weighted by Crippen LogP contribution is -2.32. The van der Waals surface area contributed by atoms with E-state index in [-0.39, 0.29) is 5.56 Å². The molecule has 4 N–H and O–H groups in total. The summed E-state index contributed by atoms with van der Waals surface area (Å²) in [5, 5.41) is 10.4. The highest BCUT2D eigenvalue weighted by Crippen LogP contribution is 2.37. The second kappa shape index (κ2) is 20.3. The number of hydrogen-bond donors (Lipinski definition) is 4. The second-order valence-electron chi connectivity index (χ2n) is 14.1. The van der Waals surface area contributed by atoms with Gasteiger partial charge in [0, 0.05) is 52.6 Å². The lowest BCUT2D eigenvalue weighted by atomic mass is 9.87. The molecule has 1 atom stereocenters. The minimum Gasteiger partial charge on any atom is -0.384 e. The van der Waals surface area contributed by atoms with Gasteiger partial charge in [0.05, 0.1) is 10.6 Å². The summed E-state index contributed by atoms with van der Waals surface area (Å²) in [7, 11) is -7.19. The Balaban J connectivity index is 1.22.